The molecule has 0 aliphatic heterocycles. The molecule has 0 aromatic heterocycles. The van der Waals surface area contributed by atoms with Crippen LogP contribution in [0.4, 0.5) is 0 Å². The Bertz CT molecular complexity index is 175. The molecule has 1 rings (SSSR count). The molecule has 0 fully saturated rings. The summed E-state index contributed by atoms with van der Waals surface area (Å²) in [6.07, 6.45) is 0. The maximum atomic E-state index is 2.22. The molecule has 0 heterocycles. The van der Waals surface area contributed by atoms with Gasteiger partial charge in [-0.2, -0.15) is 17.7 Å². The van der Waals surface area contributed by atoms with E-state index in [-0.39, 0.29) is 50.7 Å². The summed E-state index contributed by atoms with van der Waals surface area (Å²) in [5.41, 5.74) is 1.74. The number of hydrogen-bond donors (Lipinski definition) is 0. The maximum Gasteiger partial charge on any atom is 0 e. The van der Waals surface area contributed by atoms with Crippen LogP contribution in [0.5, 0.6) is 0 Å². The molecule has 1 aromatic rings. The van der Waals surface area contributed by atoms with Crippen molar-refractivity contribution < 1.29 is 50.7 Å². The summed E-state index contributed by atoms with van der Waals surface area (Å²) in [7, 11) is 0. The van der Waals surface area contributed by atoms with E-state index in [1.165, 1.54) is 5.56 Å². The van der Waals surface area contributed by atoms with E-state index in [1.54, 1.807) is 0 Å². The van der Waals surface area contributed by atoms with Crippen LogP contribution in [0.2, 0.25) is 0 Å². The largest absolute Gasteiger partial charge is 1.00 e. The van der Waals surface area contributed by atoms with E-state index in [2.05, 4.69) is 45.0 Å². The van der Waals surface area contributed by atoms with Crippen molar-refractivity contribution in [1.82, 2.24) is 0 Å². The molecular weight excluding hydrogens is 357 g/mol. The van der Waals surface area contributed by atoms with Crippen LogP contribution in [-0.2, 0) is 31.3 Å². The first-order valence-electron chi connectivity index (χ1n) is 3.33. The van der Waals surface area contributed by atoms with Gasteiger partial charge in [0.25, 0.3) is 0 Å². The number of hydrogen-bond acceptors (Lipinski definition) is 0. The molecule has 0 unspecified atom stereocenters. The van der Waals surface area contributed by atoms with E-state index in [0.29, 0.717) is 5.41 Å². The Morgan fingerprint density at radius 1 is 0.917 bits per heavy atom. The molecule has 0 saturated carbocycles. The summed E-state index contributed by atoms with van der Waals surface area (Å²) in [5, 5.41) is 0. The fourth-order valence-corrected chi connectivity index (χ4v) is 0.874. The molecule has 1 aromatic carbocycles. The van der Waals surface area contributed by atoms with Crippen molar-refractivity contribution in [2.45, 2.75) is 26.2 Å². The zero-order valence-corrected chi connectivity index (χ0v) is 12.7. The van der Waals surface area contributed by atoms with Gasteiger partial charge in [0.15, 0.2) is 0 Å². The zero-order chi connectivity index (χ0) is 6.91. The van der Waals surface area contributed by atoms with Gasteiger partial charge in [0.05, 0.1) is 0 Å². The SMILES string of the molecule is CC(C)(C)[c-]1cccc1.[Cl-].[Cl-].[Hf]. The van der Waals surface area contributed by atoms with Gasteiger partial charge in [-0.15, -0.1) is 0 Å². The van der Waals surface area contributed by atoms with Gasteiger partial charge in [0, 0.05) is 25.8 Å². The monoisotopic (exact) mass is 371 g/mol. The molecular formula is C9H13Cl2Hf-3. The summed E-state index contributed by atoms with van der Waals surface area (Å²) < 4.78 is 0. The van der Waals surface area contributed by atoms with Crippen molar-refractivity contribution in [1.29, 1.82) is 0 Å². The minimum absolute atomic E-state index is 0. The average molecular weight is 371 g/mol. The quantitative estimate of drug-likeness (QED) is 0.332. The third kappa shape index (κ3) is 5.45. The van der Waals surface area contributed by atoms with Gasteiger partial charge in [0.1, 0.15) is 0 Å². The molecule has 0 spiro atoms. The minimum atomic E-state index is 0. The van der Waals surface area contributed by atoms with Crippen LogP contribution in [0.25, 0.3) is 0 Å². The molecule has 0 amide bonds. The summed E-state index contributed by atoms with van der Waals surface area (Å²) in [5.74, 6) is 0. The predicted octanol–water partition coefficient (Wildman–Crippen LogP) is -3.29. The molecule has 0 saturated heterocycles. The normalized spacial score (nSPS) is 8.92. The second-order valence-corrected chi connectivity index (χ2v) is 3.42. The standard InChI is InChI=1S/C9H13.2ClH.Hf/c1-9(2,3)8-6-4-5-7-8;;;/h4-7H,1-3H3;2*1H;/q-1;;;/p-2. The summed E-state index contributed by atoms with van der Waals surface area (Å²) >= 11 is 0. The second-order valence-electron chi connectivity index (χ2n) is 3.42. The predicted molar refractivity (Wildman–Crippen MR) is 40.7 cm³/mol. The van der Waals surface area contributed by atoms with Gasteiger partial charge in [0.2, 0.25) is 0 Å². The van der Waals surface area contributed by atoms with Gasteiger partial charge < -0.3 is 24.8 Å². The van der Waals surface area contributed by atoms with Crippen LogP contribution in [0, 0.1) is 0 Å². The van der Waals surface area contributed by atoms with E-state index in [4.69, 9.17) is 0 Å². The van der Waals surface area contributed by atoms with Gasteiger partial charge in [-0.1, -0.05) is 26.2 Å². The molecule has 0 atom stereocenters. The maximum absolute atomic E-state index is 2.22. The van der Waals surface area contributed by atoms with E-state index in [0.717, 1.165) is 0 Å². The second kappa shape index (κ2) is 7.23. The average Bonchev–Trinajstić information content (AvgIpc) is 2.08. The van der Waals surface area contributed by atoms with Gasteiger partial charge >= 0.3 is 0 Å². The first-order valence-corrected chi connectivity index (χ1v) is 3.33. The molecule has 0 N–H and O–H groups in total. The molecule has 70 valence electrons. The first-order chi connectivity index (χ1) is 4.11. The Hall–Kier alpha value is 0.800. The summed E-state index contributed by atoms with van der Waals surface area (Å²) in [4.78, 5) is 0. The van der Waals surface area contributed by atoms with E-state index < -0.39 is 0 Å². The Morgan fingerprint density at radius 3 is 1.42 bits per heavy atom. The van der Waals surface area contributed by atoms with Crippen LogP contribution in [0.15, 0.2) is 24.3 Å². The van der Waals surface area contributed by atoms with E-state index in [1.807, 2.05) is 0 Å². The Balaban J connectivity index is -0.000000270. The molecule has 12 heavy (non-hydrogen) atoms. The zero-order valence-electron chi connectivity index (χ0n) is 7.57. The molecule has 0 aliphatic rings. The van der Waals surface area contributed by atoms with Crippen LogP contribution in [-0.4, -0.2) is 0 Å². The topological polar surface area (TPSA) is 0 Å². The van der Waals surface area contributed by atoms with Crippen molar-refractivity contribution in [3.63, 3.8) is 0 Å². The fraction of sp³-hybridized carbons (Fsp3) is 0.444. The molecule has 3 heteroatoms. The van der Waals surface area contributed by atoms with Gasteiger partial charge in [-0.25, -0.2) is 12.1 Å². The van der Waals surface area contributed by atoms with Crippen molar-refractivity contribution in [3.8, 4) is 0 Å². The third-order valence-electron chi connectivity index (χ3n) is 1.53. The number of rotatable bonds is 0. The van der Waals surface area contributed by atoms with Gasteiger partial charge in [-0.05, 0) is 0 Å². The molecule has 0 bridgehead atoms. The van der Waals surface area contributed by atoms with Crippen molar-refractivity contribution in [3.05, 3.63) is 29.8 Å². The van der Waals surface area contributed by atoms with Crippen LogP contribution < -0.4 is 24.8 Å². The summed E-state index contributed by atoms with van der Waals surface area (Å²) in [6, 6.07) is 8.50. The van der Waals surface area contributed by atoms with E-state index in [9.17, 15) is 0 Å². The van der Waals surface area contributed by atoms with Crippen molar-refractivity contribution >= 4 is 0 Å². The van der Waals surface area contributed by atoms with Crippen molar-refractivity contribution in [2.75, 3.05) is 0 Å². The van der Waals surface area contributed by atoms with Crippen LogP contribution in [0.3, 0.4) is 0 Å². The molecule has 0 radical (unpaired) electrons. The smallest absolute Gasteiger partial charge is 0 e. The molecule has 0 nitrogen and oxygen atoms in total. The Morgan fingerprint density at radius 2 is 1.25 bits per heavy atom. The minimum Gasteiger partial charge on any atom is -1.00 e. The van der Waals surface area contributed by atoms with Crippen LogP contribution >= 0.6 is 0 Å². The summed E-state index contributed by atoms with van der Waals surface area (Å²) in [6.45, 7) is 6.67. The van der Waals surface area contributed by atoms with E-state index >= 15 is 0 Å². The van der Waals surface area contributed by atoms with Crippen molar-refractivity contribution in [2.24, 2.45) is 0 Å². The number of halogens is 2. The van der Waals surface area contributed by atoms with Crippen LogP contribution in [0.1, 0.15) is 26.3 Å². The Kier molecular flexibility index (Phi) is 11.2. The Labute approximate surface area is 106 Å². The first kappa shape index (κ1) is 18.6. The molecule has 0 aliphatic carbocycles. The third-order valence-corrected chi connectivity index (χ3v) is 1.53. The van der Waals surface area contributed by atoms with Gasteiger partial charge in [-0.3, -0.25) is 0 Å². The fourth-order valence-electron chi connectivity index (χ4n) is 0.874.